The Bertz CT molecular complexity index is 1160. The van der Waals surface area contributed by atoms with E-state index in [2.05, 4.69) is 34.7 Å². The molecule has 0 saturated carbocycles. The summed E-state index contributed by atoms with van der Waals surface area (Å²) >= 11 is 0. The largest absolute Gasteiger partial charge is 0.375 e. The molecule has 1 amide bonds. The van der Waals surface area contributed by atoms with E-state index in [9.17, 15) is 10.1 Å². The fourth-order valence-corrected chi connectivity index (χ4v) is 4.18. The summed E-state index contributed by atoms with van der Waals surface area (Å²) in [5, 5.41) is 12.0. The smallest absolute Gasteiger partial charge is 0.251 e. The number of likely N-dealkylation sites (N-methyl/N-ethyl adjacent to an activating group) is 1. The van der Waals surface area contributed by atoms with Crippen molar-refractivity contribution in [1.29, 1.82) is 5.26 Å². The average molecular weight is 418 g/mol. The van der Waals surface area contributed by atoms with Crippen molar-refractivity contribution in [2.24, 2.45) is 0 Å². The number of fused-ring (bicyclic) bond motifs is 1. The van der Waals surface area contributed by atoms with Gasteiger partial charge in [-0.1, -0.05) is 13.0 Å². The van der Waals surface area contributed by atoms with Crippen LogP contribution in [0.3, 0.4) is 0 Å². The first-order valence-electron chi connectivity index (χ1n) is 10.6. The highest BCUT2D eigenvalue weighted by Gasteiger charge is 2.24. The van der Waals surface area contributed by atoms with Crippen molar-refractivity contribution in [3.05, 3.63) is 58.9 Å². The van der Waals surface area contributed by atoms with E-state index in [0.29, 0.717) is 24.2 Å². The van der Waals surface area contributed by atoms with Gasteiger partial charge < -0.3 is 19.4 Å². The molecule has 0 spiro atoms. The normalized spacial score (nSPS) is 16.9. The number of hydrogen-bond acceptors (Lipinski definition) is 5. The number of rotatable bonds is 5. The summed E-state index contributed by atoms with van der Waals surface area (Å²) in [4.78, 5) is 19.3. The molecule has 160 valence electrons. The standard InChI is InChI=1S/C24H27N5O2/c1-4-17-12-18(24(30)26-2)5-6-20(17)23-21(13-19-15-28(3)9-10-31-19)29-8-7-16(14-25)11-22(29)27-23/h5-8,11-12,19H,4,9-10,13,15H2,1-3H3,(H,26,30)/t19-/m0/s1. The van der Waals surface area contributed by atoms with E-state index in [1.165, 1.54) is 0 Å². The van der Waals surface area contributed by atoms with Crippen molar-refractivity contribution >= 4 is 11.6 Å². The van der Waals surface area contributed by atoms with Crippen molar-refractivity contribution in [3.8, 4) is 17.3 Å². The first kappa shape index (κ1) is 21.0. The summed E-state index contributed by atoms with van der Waals surface area (Å²) in [6.07, 6.45) is 3.48. The zero-order chi connectivity index (χ0) is 22.0. The van der Waals surface area contributed by atoms with E-state index >= 15 is 0 Å². The summed E-state index contributed by atoms with van der Waals surface area (Å²) in [5.74, 6) is -0.103. The number of nitriles is 1. The van der Waals surface area contributed by atoms with Gasteiger partial charge in [-0.2, -0.15) is 5.26 Å². The molecule has 1 saturated heterocycles. The highest BCUT2D eigenvalue weighted by atomic mass is 16.5. The van der Waals surface area contributed by atoms with Crippen molar-refractivity contribution in [2.45, 2.75) is 25.9 Å². The van der Waals surface area contributed by atoms with E-state index in [1.807, 2.05) is 36.5 Å². The number of morpholine rings is 1. The number of carbonyl (C=O) groups excluding carboxylic acids is 1. The van der Waals surface area contributed by atoms with Gasteiger partial charge in [0.2, 0.25) is 0 Å². The van der Waals surface area contributed by atoms with Crippen LogP contribution in [0.4, 0.5) is 0 Å². The Kier molecular flexibility index (Phi) is 6.03. The van der Waals surface area contributed by atoms with Crippen LogP contribution >= 0.6 is 0 Å². The highest BCUT2D eigenvalue weighted by molar-refractivity contribution is 5.95. The first-order valence-corrected chi connectivity index (χ1v) is 10.6. The molecule has 1 aliphatic heterocycles. The van der Waals surface area contributed by atoms with Crippen LogP contribution < -0.4 is 5.32 Å². The number of imidazole rings is 1. The number of aryl methyl sites for hydroxylation is 1. The van der Waals surface area contributed by atoms with Crippen LogP contribution in [0.15, 0.2) is 36.5 Å². The maximum Gasteiger partial charge on any atom is 0.251 e. The van der Waals surface area contributed by atoms with Gasteiger partial charge in [-0.25, -0.2) is 4.98 Å². The molecule has 1 N–H and O–H groups in total. The van der Waals surface area contributed by atoms with Gasteiger partial charge in [-0.3, -0.25) is 4.79 Å². The molecule has 0 bridgehead atoms. The average Bonchev–Trinajstić information content (AvgIpc) is 3.15. The lowest BCUT2D eigenvalue weighted by molar-refractivity contribution is -0.0190. The summed E-state index contributed by atoms with van der Waals surface area (Å²) in [7, 11) is 3.74. The molecule has 7 heteroatoms. The van der Waals surface area contributed by atoms with Gasteiger partial charge in [0.05, 0.1) is 35.7 Å². The van der Waals surface area contributed by atoms with Crippen molar-refractivity contribution in [3.63, 3.8) is 0 Å². The predicted molar refractivity (Wildman–Crippen MR) is 119 cm³/mol. The van der Waals surface area contributed by atoms with Crippen LogP contribution in [0.5, 0.6) is 0 Å². The van der Waals surface area contributed by atoms with Crippen LogP contribution in [0.25, 0.3) is 16.9 Å². The highest BCUT2D eigenvalue weighted by Crippen LogP contribution is 2.31. The Morgan fingerprint density at radius 2 is 2.19 bits per heavy atom. The van der Waals surface area contributed by atoms with Crippen LogP contribution in [-0.4, -0.2) is 60.1 Å². The van der Waals surface area contributed by atoms with Crippen LogP contribution in [0, 0.1) is 11.3 Å². The molecular weight excluding hydrogens is 390 g/mol. The minimum Gasteiger partial charge on any atom is -0.375 e. The van der Waals surface area contributed by atoms with Gasteiger partial charge in [-0.15, -0.1) is 0 Å². The van der Waals surface area contributed by atoms with Gasteiger partial charge in [-0.05, 0) is 43.3 Å². The van der Waals surface area contributed by atoms with E-state index in [4.69, 9.17) is 9.72 Å². The number of aromatic nitrogens is 2. The van der Waals surface area contributed by atoms with Crippen molar-refractivity contribution < 1.29 is 9.53 Å². The van der Waals surface area contributed by atoms with E-state index in [1.54, 1.807) is 7.05 Å². The molecule has 2 aromatic heterocycles. The van der Waals surface area contributed by atoms with Gasteiger partial charge in [0, 0.05) is 43.9 Å². The minimum absolute atomic E-state index is 0.0725. The summed E-state index contributed by atoms with van der Waals surface area (Å²) in [6, 6.07) is 11.6. The molecule has 7 nitrogen and oxygen atoms in total. The molecule has 0 unspecified atom stereocenters. The Hall–Kier alpha value is -3.21. The molecular formula is C24H27N5O2. The lowest BCUT2D eigenvalue weighted by Gasteiger charge is -2.30. The lowest BCUT2D eigenvalue weighted by Crippen LogP contribution is -2.41. The Labute approximate surface area is 182 Å². The number of carbonyl (C=O) groups is 1. The van der Waals surface area contributed by atoms with Crippen molar-refractivity contribution in [2.75, 3.05) is 33.8 Å². The van der Waals surface area contributed by atoms with Gasteiger partial charge in [0.25, 0.3) is 5.91 Å². The summed E-state index contributed by atoms with van der Waals surface area (Å²) in [6.45, 7) is 4.59. The Balaban J connectivity index is 1.84. The van der Waals surface area contributed by atoms with E-state index in [-0.39, 0.29) is 12.0 Å². The second-order valence-electron chi connectivity index (χ2n) is 7.93. The Morgan fingerprint density at radius 3 is 2.90 bits per heavy atom. The second-order valence-corrected chi connectivity index (χ2v) is 7.93. The first-order chi connectivity index (χ1) is 15.0. The Morgan fingerprint density at radius 1 is 1.35 bits per heavy atom. The summed E-state index contributed by atoms with van der Waals surface area (Å²) in [5.41, 5.74) is 5.97. The molecule has 1 aromatic carbocycles. The van der Waals surface area contributed by atoms with Crippen LogP contribution in [-0.2, 0) is 17.6 Å². The topological polar surface area (TPSA) is 82.7 Å². The molecule has 1 fully saturated rings. The molecule has 4 rings (SSSR count). The fourth-order valence-electron chi connectivity index (χ4n) is 4.18. The molecule has 31 heavy (non-hydrogen) atoms. The van der Waals surface area contributed by atoms with E-state index in [0.717, 1.165) is 47.7 Å². The third kappa shape index (κ3) is 4.18. The third-order valence-electron chi connectivity index (χ3n) is 5.85. The number of pyridine rings is 1. The summed E-state index contributed by atoms with van der Waals surface area (Å²) < 4.78 is 8.10. The van der Waals surface area contributed by atoms with Crippen LogP contribution in [0.1, 0.15) is 34.1 Å². The third-order valence-corrected chi connectivity index (χ3v) is 5.85. The maximum absolute atomic E-state index is 12.1. The monoisotopic (exact) mass is 417 g/mol. The second kappa shape index (κ2) is 8.88. The zero-order valence-corrected chi connectivity index (χ0v) is 18.2. The maximum atomic E-state index is 12.1. The van der Waals surface area contributed by atoms with Crippen LogP contribution in [0.2, 0.25) is 0 Å². The van der Waals surface area contributed by atoms with Gasteiger partial charge in [0.1, 0.15) is 5.65 Å². The lowest BCUT2D eigenvalue weighted by atomic mass is 9.96. The van der Waals surface area contributed by atoms with Crippen molar-refractivity contribution in [1.82, 2.24) is 19.6 Å². The number of nitrogens with zero attached hydrogens (tertiary/aromatic N) is 4. The number of hydrogen-bond donors (Lipinski definition) is 1. The molecule has 1 atom stereocenters. The minimum atomic E-state index is -0.103. The molecule has 1 aliphatic rings. The quantitative estimate of drug-likeness (QED) is 0.690. The number of nitrogens with one attached hydrogen (secondary N) is 1. The SMILES string of the molecule is CCc1cc(C(=O)NC)ccc1-c1nc2cc(C#N)ccn2c1C[C@H]1CN(C)CCO1. The molecule has 3 aromatic rings. The van der Waals surface area contributed by atoms with Gasteiger partial charge in [0.15, 0.2) is 0 Å². The molecule has 0 radical (unpaired) electrons. The fraction of sp³-hybridized carbons (Fsp3) is 0.375. The predicted octanol–water partition coefficient (Wildman–Crippen LogP) is 2.67. The number of ether oxygens (including phenoxy) is 1. The number of benzene rings is 1. The molecule has 3 heterocycles. The zero-order valence-electron chi connectivity index (χ0n) is 18.2. The number of amides is 1. The van der Waals surface area contributed by atoms with Gasteiger partial charge >= 0.3 is 0 Å². The van der Waals surface area contributed by atoms with E-state index < -0.39 is 0 Å². The molecule has 0 aliphatic carbocycles.